The largest absolute Gasteiger partial charge is 0.283 e. The molecule has 0 radical (unpaired) electrons. The maximum atomic E-state index is 11.1. The molecule has 4 nitrogen and oxygen atoms in total. The Kier molecular flexibility index (Phi) is 2.75. The van der Waals surface area contributed by atoms with Crippen LogP contribution in [0.4, 0.5) is 5.69 Å². The lowest BCUT2D eigenvalue weighted by Gasteiger charge is -2.04. The van der Waals surface area contributed by atoms with Crippen LogP contribution in [0.3, 0.4) is 0 Å². The number of pyridine rings is 1. The number of nitrogens with zero attached hydrogens (tertiary/aromatic N) is 2. The number of fused-ring (bicyclic) bond motifs is 1. The van der Waals surface area contributed by atoms with Gasteiger partial charge in [0.25, 0.3) is 5.69 Å². The van der Waals surface area contributed by atoms with E-state index in [4.69, 9.17) is 11.6 Å². The molecule has 82 valence electrons. The van der Waals surface area contributed by atoms with E-state index >= 15 is 0 Å². The molecule has 2 aromatic rings. The highest BCUT2D eigenvalue weighted by Gasteiger charge is 2.19. The molecule has 0 atom stereocenters. The standard InChI is InChI=1S/C11H9ClN2O2/c1-2-7-3-4-9-10(11(7)14(15)16)8(12)5-6-13-9/h3-6H,2H2,1H3. The SMILES string of the molecule is CCc1ccc2nccc(Cl)c2c1[N+](=O)[O-]. The fraction of sp³-hybridized carbons (Fsp3) is 0.182. The number of hydrogen-bond acceptors (Lipinski definition) is 3. The van der Waals surface area contributed by atoms with E-state index in [2.05, 4.69) is 4.98 Å². The van der Waals surface area contributed by atoms with Crippen molar-refractivity contribution in [1.82, 2.24) is 4.98 Å². The van der Waals surface area contributed by atoms with E-state index in [-0.39, 0.29) is 5.69 Å². The Hall–Kier alpha value is -1.68. The summed E-state index contributed by atoms with van der Waals surface area (Å²) in [6.07, 6.45) is 2.14. The molecular formula is C11H9ClN2O2. The molecule has 0 unspecified atom stereocenters. The molecule has 0 fully saturated rings. The van der Waals surface area contributed by atoms with Crippen molar-refractivity contribution in [2.75, 3.05) is 0 Å². The van der Waals surface area contributed by atoms with Gasteiger partial charge in [0.15, 0.2) is 0 Å². The van der Waals surface area contributed by atoms with E-state index in [0.29, 0.717) is 27.9 Å². The molecule has 16 heavy (non-hydrogen) atoms. The van der Waals surface area contributed by atoms with Crippen molar-refractivity contribution in [3.8, 4) is 0 Å². The lowest BCUT2D eigenvalue weighted by atomic mass is 10.1. The Morgan fingerprint density at radius 2 is 2.19 bits per heavy atom. The van der Waals surface area contributed by atoms with Gasteiger partial charge >= 0.3 is 0 Å². The van der Waals surface area contributed by atoms with Gasteiger partial charge in [-0.2, -0.15) is 0 Å². The highest BCUT2D eigenvalue weighted by molar-refractivity contribution is 6.36. The third kappa shape index (κ3) is 1.61. The topological polar surface area (TPSA) is 56.0 Å². The van der Waals surface area contributed by atoms with Gasteiger partial charge in [0, 0.05) is 11.8 Å². The van der Waals surface area contributed by atoms with E-state index in [1.807, 2.05) is 6.92 Å². The van der Waals surface area contributed by atoms with Crippen LogP contribution in [0.25, 0.3) is 10.9 Å². The lowest BCUT2D eigenvalue weighted by molar-refractivity contribution is -0.383. The Morgan fingerprint density at radius 3 is 2.81 bits per heavy atom. The zero-order valence-electron chi connectivity index (χ0n) is 8.61. The highest BCUT2D eigenvalue weighted by atomic mass is 35.5. The van der Waals surface area contributed by atoms with Gasteiger partial charge in [0.1, 0.15) is 0 Å². The smallest absolute Gasteiger partial charge is 0.258 e. The first-order valence-electron chi connectivity index (χ1n) is 4.85. The van der Waals surface area contributed by atoms with Crippen LogP contribution >= 0.6 is 11.6 Å². The van der Waals surface area contributed by atoms with Gasteiger partial charge in [0.2, 0.25) is 0 Å². The molecule has 0 aliphatic carbocycles. The van der Waals surface area contributed by atoms with Crippen LogP contribution in [0, 0.1) is 10.1 Å². The van der Waals surface area contributed by atoms with Gasteiger partial charge in [-0.25, -0.2) is 0 Å². The molecule has 5 heteroatoms. The maximum absolute atomic E-state index is 11.1. The van der Waals surface area contributed by atoms with E-state index in [0.717, 1.165) is 0 Å². The zero-order valence-corrected chi connectivity index (χ0v) is 9.36. The van der Waals surface area contributed by atoms with Crippen LogP contribution in [0.2, 0.25) is 5.02 Å². The number of aryl methyl sites for hydroxylation is 1. The molecular weight excluding hydrogens is 228 g/mol. The Labute approximate surface area is 97.0 Å². The molecule has 0 N–H and O–H groups in total. The molecule has 0 bridgehead atoms. The summed E-state index contributed by atoms with van der Waals surface area (Å²) < 4.78 is 0. The predicted molar refractivity (Wildman–Crippen MR) is 62.8 cm³/mol. The molecule has 0 saturated heterocycles. The van der Waals surface area contributed by atoms with Gasteiger partial charge in [-0.05, 0) is 18.6 Å². The number of nitro benzene ring substituents is 1. The summed E-state index contributed by atoms with van der Waals surface area (Å²) in [6.45, 7) is 1.87. The number of aromatic nitrogens is 1. The third-order valence-corrected chi connectivity index (χ3v) is 2.79. The number of benzene rings is 1. The monoisotopic (exact) mass is 236 g/mol. The molecule has 2 rings (SSSR count). The number of rotatable bonds is 2. The highest BCUT2D eigenvalue weighted by Crippen LogP contribution is 2.33. The summed E-state index contributed by atoms with van der Waals surface area (Å²) >= 11 is 5.99. The normalized spacial score (nSPS) is 10.6. The molecule has 0 aliphatic rings. The van der Waals surface area contributed by atoms with Crippen LogP contribution in [-0.4, -0.2) is 9.91 Å². The van der Waals surface area contributed by atoms with Crippen molar-refractivity contribution < 1.29 is 4.92 Å². The van der Waals surface area contributed by atoms with Gasteiger partial charge in [-0.3, -0.25) is 15.1 Å². The minimum atomic E-state index is -0.394. The molecule has 1 aromatic carbocycles. The van der Waals surface area contributed by atoms with Gasteiger partial charge in [-0.15, -0.1) is 0 Å². The van der Waals surface area contributed by atoms with Crippen molar-refractivity contribution in [2.24, 2.45) is 0 Å². The first kappa shape index (κ1) is 10.8. The van der Waals surface area contributed by atoms with Crippen molar-refractivity contribution in [1.29, 1.82) is 0 Å². The summed E-state index contributed by atoms with van der Waals surface area (Å²) in [6, 6.07) is 5.05. The molecule has 0 aliphatic heterocycles. The van der Waals surface area contributed by atoms with Crippen LogP contribution in [0.1, 0.15) is 12.5 Å². The quantitative estimate of drug-likeness (QED) is 0.593. The predicted octanol–water partition coefficient (Wildman–Crippen LogP) is 3.36. The molecule has 1 heterocycles. The molecule has 0 saturated carbocycles. The summed E-state index contributed by atoms with van der Waals surface area (Å²) in [5, 5.41) is 11.9. The second-order valence-electron chi connectivity index (χ2n) is 3.37. The fourth-order valence-electron chi connectivity index (χ4n) is 1.73. The Morgan fingerprint density at radius 1 is 1.44 bits per heavy atom. The molecule has 1 aromatic heterocycles. The minimum Gasteiger partial charge on any atom is -0.258 e. The van der Waals surface area contributed by atoms with Crippen LogP contribution in [0.15, 0.2) is 24.4 Å². The fourth-order valence-corrected chi connectivity index (χ4v) is 1.97. The average Bonchev–Trinajstić information content (AvgIpc) is 2.27. The third-order valence-electron chi connectivity index (χ3n) is 2.48. The Balaban J connectivity index is 2.93. The van der Waals surface area contributed by atoms with Crippen LogP contribution in [-0.2, 0) is 6.42 Å². The van der Waals surface area contributed by atoms with Crippen LogP contribution in [0.5, 0.6) is 0 Å². The lowest BCUT2D eigenvalue weighted by Crippen LogP contribution is -1.96. The second-order valence-corrected chi connectivity index (χ2v) is 3.78. The molecule has 0 amide bonds. The first-order valence-corrected chi connectivity index (χ1v) is 5.23. The minimum absolute atomic E-state index is 0.0677. The molecule has 0 spiro atoms. The number of hydrogen-bond donors (Lipinski definition) is 0. The van der Waals surface area contributed by atoms with Gasteiger partial charge < -0.3 is 0 Å². The maximum Gasteiger partial charge on any atom is 0.283 e. The van der Waals surface area contributed by atoms with E-state index in [1.165, 1.54) is 0 Å². The van der Waals surface area contributed by atoms with E-state index in [9.17, 15) is 10.1 Å². The number of nitro groups is 1. The van der Waals surface area contributed by atoms with E-state index < -0.39 is 4.92 Å². The van der Waals surface area contributed by atoms with Crippen LogP contribution < -0.4 is 0 Å². The average molecular weight is 237 g/mol. The summed E-state index contributed by atoms with van der Waals surface area (Å²) in [7, 11) is 0. The van der Waals surface area contributed by atoms with Crippen molar-refractivity contribution in [2.45, 2.75) is 13.3 Å². The van der Waals surface area contributed by atoms with E-state index in [1.54, 1.807) is 24.4 Å². The van der Waals surface area contributed by atoms with Gasteiger partial charge in [0.05, 0.1) is 20.8 Å². The van der Waals surface area contributed by atoms with Crippen molar-refractivity contribution in [3.05, 3.63) is 45.1 Å². The van der Waals surface area contributed by atoms with Gasteiger partial charge in [-0.1, -0.05) is 24.6 Å². The first-order chi connectivity index (χ1) is 7.65. The summed E-state index contributed by atoms with van der Waals surface area (Å²) in [5.41, 5.74) is 1.29. The van der Waals surface area contributed by atoms with Crippen molar-refractivity contribution in [3.63, 3.8) is 0 Å². The zero-order chi connectivity index (χ0) is 11.7. The Bertz CT molecular complexity index is 569. The second kappa shape index (κ2) is 4.06. The summed E-state index contributed by atoms with van der Waals surface area (Å²) in [5.74, 6) is 0. The van der Waals surface area contributed by atoms with Crippen molar-refractivity contribution >= 4 is 28.2 Å². The summed E-state index contributed by atoms with van der Waals surface area (Å²) in [4.78, 5) is 14.7. The number of halogens is 1.